The van der Waals surface area contributed by atoms with Crippen LogP contribution in [0.4, 0.5) is 0 Å². The summed E-state index contributed by atoms with van der Waals surface area (Å²) >= 11 is 0. The van der Waals surface area contributed by atoms with Gasteiger partial charge in [-0.1, -0.05) is 56.4 Å². The van der Waals surface area contributed by atoms with Gasteiger partial charge in [0.1, 0.15) is 0 Å². The zero-order valence-electron chi connectivity index (χ0n) is 17.8. The summed E-state index contributed by atoms with van der Waals surface area (Å²) in [6.07, 6.45) is 0. The van der Waals surface area contributed by atoms with E-state index in [1.54, 1.807) is 0 Å². The van der Waals surface area contributed by atoms with Crippen LogP contribution in [0.25, 0.3) is 0 Å². The molecule has 0 aliphatic rings. The maximum Gasteiger partial charge on any atom is 0.0124 e. The zero-order chi connectivity index (χ0) is 18.1. The van der Waals surface area contributed by atoms with E-state index in [2.05, 4.69) is 107 Å². The first-order valence-electron chi connectivity index (χ1n) is 8.39. The lowest BCUT2D eigenvalue weighted by molar-refractivity contribution is 0.153. The minimum atomic E-state index is 0. The standard InChI is InChI=1S/C8H19N.C6H15N.C5H12.2CH4/c1-6-9(7-2)8(3,4)5;1-6(2,3)7(4)5;1-5(2,3)4;;/h6-7H2,1-5H3;1-5H3;1-4H3;2*1H4. The van der Waals surface area contributed by atoms with Gasteiger partial charge in [-0.25, -0.2) is 0 Å². The summed E-state index contributed by atoms with van der Waals surface area (Å²) in [5.74, 6) is 0. The van der Waals surface area contributed by atoms with Crippen molar-refractivity contribution in [2.24, 2.45) is 5.41 Å². The van der Waals surface area contributed by atoms with E-state index >= 15 is 0 Å². The number of rotatable bonds is 2. The molecule has 2 heteroatoms. The average molecular weight is 335 g/mol. The minimum absolute atomic E-state index is 0. The third-order valence-corrected chi connectivity index (χ3v) is 3.05. The third-order valence-electron chi connectivity index (χ3n) is 3.05. The predicted molar refractivity (Wildman–Crippen MR) is 115 cm³/mol. The number of hydrogen-bond acceptors (Lipinski definition) is 2. The van der Waals surface area contributed by atoms with Gasteiger partial charge in [-0.05, 0) is 74.1 Å². The molecule has 0 unspecified atom stereocenters. The Morgan fingerprint density at radius 2 is 0.739 bits per heavy atom. The van der Waals surface area contributed by atoms with Crippen molar-refractivity contribution in [2.75, 3.05) is 27.2 Å². The monoisotopic (exact) mass is 334 g/mol. The van der Waals surface area contributed by atoms with Gasteiger partial charge < -0.3 is 4.90 Å². The van der Waals surface area contributed by atoms with Gasteiger partial charge in [0.2, 0.25) is 0 Å². The maximum atomic E-state index is 2.44. The molecule has 0 aromatic rings. The van der Waals surface area contributed by atoms with Crippen LogP contribution in [0.5, 0.6) is 0 Å². The van der Waals surface area contributed by atoms with E-state index in [1.165, 1.54) is 0 Å². The van der Waals surface area contributed by atoms with Gasteiger partial charge in [0.15, 0.2) is 0 Å². The predicted octanol–water partition coefficient (Wildman–Crippen LogP) is 6.80. The highest BCUT2D eigenvalue weighted by Crippen LogP contribution is 2.11. The molecule has 0 heterocycles. The van der Waals surface area contributed by atoms with E-state index in [9.17, 15) is 0 Å². The molecule has 23 heavy (non-hydrogen) atoms. The van der Waals surface area contributed by atoms with Crippen LogP contribution in [0.3, 0.4) is 0 Å². The van der Waals surface area contributed by atoms with Crippen molar-refractivity contribution in [1.82, 2.24) is 9.80 Å². The van der Waals surface area contributed by atoms with Crippen molar-refractivity contribution in [3.8, 4) is 0 Å². The van der Waals surface area contributed by atoms with Gasteiger partial charge in [0.05, 0.1) is 0 Å². The van der Waals surface area contributed by atoms with Crippen molar-refractivity contribution in [3.05, 3.63) is 0 Å². The van der Waals surface area contributed by atoms with Gasteiger partial charge in [0, 0.05) is 11.1 Å². The van der Waals surface area contributed by atoms with E-state index in [1.807, 2.05) is 0 Å². The Morgan fingerprint density at radius 3 is 0.739 bits per heavy atom. The molecule has 0 N–H and O–H groups in total. The molecule has 0 saturated carbocycles. The Morgan fingerprint density at radius 1 is 0.565 bits per heavy atom. The highest BCUT2D eigenvalue weighted by Gasteiger charge is 2.16. The Balaban J connectivity index is -0.0000000701. The molecule has 0 aliphatic carbocycles. The van der Waals surface area contributed by atoms with Crippen LogP contribution >= 0.6 is 0 Å². The Bertz CT molecular complexity index is 214. The fourth-order valence-corrected chi connectivity index (χ4v) is 1.17. The molecule has 0 aromatic carbocycles. The molecule has 2 nitrogen and oxygen atoms in total. The molecule has 0 bridgehead atoms. The van der Waals surface area contributed by atoms with Crippen LogP contribution < -0.4 is 0 Å². The second-order valence-electron chi connectivity index (χ2n) is 9.41. The highest BCUT2D eigenvalue weighted by molar-refractivity contribution is 4.73. The molecular weight excluding hydrogens is 280 g/mol. The first-order chi connectivity index (χ1) is 8.96. The summed E-state index contributed by atoms with van der Waals surface area (Å²) < 4.78 is 0. The van der Waals surface area contributed by atoms with Crippen LogP contribution in [0.2, 0.25) is 0 Å². The first kappa shape index (κ1) is 34.3. The van der Waals surface area contributed by atoms with E-state index < -0.39 is 0 Å². The third kappa shape index (κ3) is 34.3. The van der Waals surface area contributed by atoms with Crippen molar-refractivity contribution < 1.29 is 0 Å². The fraction of sp³-hybridized carbons (Fsp3) is 1.00. The summed E-state index contributed by atoms with van der Waals surface area (Å²) in [5.41, 5.74) is 1.18. The van der Waals surface area contributed by atoms with Gasteiger partial charge in [0.25, 0.3) is 0 Å². The maximum absolute atomic E-state index is 2.44. The van der Waals surface area contributed by atoms with Gasteiger partial charge in [-0.3, -0.25) is 4.90 Å². The van der Waals surface area contributed by atoms with Crippen molar-refractivity contribution in [3.63, 3.8) is 0 Å². The number of nitrogens with zero attached hydrogens (tertiary/aromatic N) is 2. The van der Waals surface area contributed by atoms with Gasteiger partial charge in [-0.15, -0.1) is 0 Å². The van der Waals surface area contributed by atoms with Crippen molar-refractivity contribution in [1.29, 1.82) is 0 Å². The number of hydrogen-bond donors (Lipinski definition) is 0. The molecule has 0 atom stereocenters. The fourth-order valence-electron chi connectivity index (χ4n) is 1.17. The molecule has 148 valence electrons. The lowest BCUT2D eigenvalue weighted by Gasteiger charge is -2.33. The van der Waals surface area contributed by atoms with Gasteiger partial charge in [-0.2, -0.15) is 0 Å². The highest BCUT2D eigenvalue weighted by atomic mass is 15.2. The molecule has 0 saturated heterocycles. The zero-order valence-corrected chi connectivity index (χ0v) is 17.8. The Kier molecular flexibility index (Phi) is 21.3. The van der Waals surface area contributed by atoms with E-state index in [0.717, 1.165) is 13.1 Å². The molecule has 0 amide bonds. The molecule has 0 aromatic heterocycles. The summed E-state index contributed by atoms with van der Waals surface area (Å²) in [6.45, 7) is 28.8. The summed E-state index contributed by atoms with van der Waals surface area (Å²) in [7, 11) is 4.17. The average Bonchev–Trinajstić information content (AvgIpc) is 2.13. The molecule has 0 aliphatic heterocycles. The Labute approximate surface area is 152 Å². The van der Waals surface area contributed by atoms with Crippen LogP contribution in [0.15, 0.2) is 0 Å². The molecular formula is C21H54N2. The SMILES string of the molecule is C.C.CC(C)(C)C.CCN(CC)C(C)(C)C.CN(C)C(C)(C)C. The van der Waals surface area contributed by atoms with Crippen molar-refractivity contribution in [2.45, 2.75) is 109 Å². The summed E-state index contributed by atoms with van der Waals surface area (Å²) in [4.78, 5) is 4.62. The topological polar surface area (TPSA) is 6.48 Å². The lowest BCUT2D eigenvalue weighted by atomic mass is 10.0. The smallest absolute Gasteiger partial charge is 0.0124 e. The van der Waals surface area contributed by atoms with E-state index in [-0.39, 0.29) is 14.9 Å². The molecule has 0 spiro atoms. The molecule has 0 radical (unpaired) electrons. The molecule has 0 fully saturated rings. The van der Waals surface area contributed by atoms with Crippen molar-refractivity contribution >= 4 is 0 Å². The van der Waals surface area contributed by atoms with Crippen LogP contribution in [-0.2, 0) is 0 Å². The van der Waals surface area contributed by atoms with Crippen LogP contribution in [-0.4, -0.2) is 48.1 Å². The van der Waals surface area contributed by atoms with Crippen LogP contribution in [0.1, 0.15) is 97.9 Å². The quantitative estimate of drug-likeness (QED) is 0.548. The summed E-state index contributed by atoms with van der Waals surface area (Å²) in [5, 5.41) is 0. The normalized spacial score (nSPS) is 11.5. The second kappa shape index (κ2) is 14.3. The molecule has 0 rings (SSSR count). The Hall–Kier alpha value is -0.0800. The lowest BCUT2D eigenvalue weighted by Crippen LogP contribution is -2.40. The van der Waals surface area contributed by atoms with E-state index in [4.69, 9.17) is 0 Å². The van der Waals surface area contributed by atoms with Crippen LogP contribution in [0, 0.1) is 5.41 Å². The van der Waals surface area contributed by atoms with Gasteiger partial charge >= 0.3 is 0 Å². The first-order valence-corrected chi connectivity index (χ1v) is 8.39. The largest absolute Gasteiger partial charge is 0.305 e. The van der Waals surface area contributed by atoms with E-state index in [0.29, 0.717) is 16.5 Å². The second-order valence-corrected chi connectivity index (χ2v) is 9.41. The summed E-state index contributed by atoms with van der Waals surface area (Å²) in [6, 6.07) is 0. The minimum Gasteiger partial charge on any atom is -0.305 e.